The Kier molecular flexibility index (Phi) is 13.3. The number of carbonyl (C=O) groups excluding carboxylic acids is 5. The molecule has 0 spiro atoms. The second-order valence-electron chi connectivity index (χ2n) is 9.08. The van der Waals surface area contributed by atoms with Gasteiger partial charge in [0, 0.05) is 20.8 Å². The number of rotatable bonds is 13. The van der Waals surface area contributed by atoms with Crippen LogP contribution in [0.25, 0.3) is 0 Å². The summed E-state index contributed by atoms with van der Waals surface area (Å²) in [5.41, 5.74) is 5.28. The van der Waals surface area contributed by atoms with E-state index >= 15 is 0 Å². The third-order valence-corrected chi connectivity index (χ3v) is 5.81. The number of aliphatic hydroxyl groups excluding tert-OH is 2. The van der Waals surface area contributed by atoms with E-state index in [1.54, 1.807) is 0 Å². The van der Waals surface area contributed by atoms with Gasteiger partial charge in [0.1, 0.15) is 43.7 Å². The van der Waals surface area contributed by atoms with Crippen LogP contribution in [0.2, 0.25) is 0 Å². The summed E-state index contributed by atoms with van der Waals surface area (Å²) in [6.45, 7) is 9.23. The van der Waals surface area contributed by atoms with Crippen LogP contribution in [-0.4, -0.2) is 121 Å². The van der Waals surface area contributed by atoms with Crippen LogP contribution in [0.1, 0.15) is 20.8 Å². The van der Waals surface area contributed by atoms with Crippen LogP contribution in [0, 0.1) is 0 Å². The molecule has 236 valence electrons. The molecule has 42 heavy (non-hydrogen) atoms. The summed E-state index contributed by atoms with van der Waals surface area (Å²) in [4.78, 5) is 60.1. The van der Waals surface area contributed by atoms with Gasteiger partial charge in [0.05, 0.1) is 6.61 Å². The standard InChI is InChI=1S/C25H36N2O15/c1-6-8-35-24-21(17(32)16(31)20(41-24)22(26)33)42-23-15(27-25(34)36-9-7-2)19(39-13(5)30)18(38-12(4)29)14(40-23)10-37-11(3)28/h6-7,14-21,23-24,31-32H,1-2,8-10H2,3-5H3,(H2,26,33)(H,27,34)/t14-,15-,16-,17+,18-,19-,20+,21-,23+,24+/m1/s1. The summed E-state index contributed by atoms with van der Waals surface area (Å²) < 4.78 is 43.5. The highest BCUT2D eigenvalue weighted by Crippen LogP contribution is 2.32. The largest absolute Gasteiger partial charge is 0.463 e. The maximum absolute atomic E-state index is 12.6. The Bertz CT molecular complexity index is 1010. The second kappa shape index (κ2) is 16.1. The van der Waals surface area contributed by atoms with E-state index in [4.69, 9.17) is 43.6 Å². The fourth-order valence-corrected chi connectivity index (χ4v) is 4.15. The van der Waals surface area contributed by atoms with Gasteiger partial charge in [-0.05, 0) is 0 Å². The Morgan fingerprint density at radius 1 is 0.833 bits per heavy atom. The molecule has 2 amide bonds. The van der Waals surface area contributed by atoms with Crippen molar-refractivity contribution >= 4 is 29.9 Å². The highest BCUT2D eigenvalue weighted by atomic mass is 16.8. The molecule has 2 aliphatic rings. The summed E-state index contributed by atoms with van der Waals surface area (Å²) in [6, 6.07) is -1.53. The number of esters is 3. The molecular formula is C25H36N2O15. The van der Waals surface area contributed by atoms with Crippen LogP contribution in [0.5, 0.6) is 0 Å². The van der Waals surface area contributed by atoms with E-state index in [1.807, 2.05) is 0 Å². The van der Waals surface area contributed by atoms with Crippen molar-refractivity contribution in [1.29, 1.82) is 0 Å². The van der Waals surface area contributed by atoms with Gasteiger partial charge in [-0.1, -0.05) is 18.7 Å². The lowest BCUT2D eigenvalue weighted by atomic mass is 9.95. The zero-order chi connectivity index (χ0) is 31.6. The molecule has 2 fully saturated rings. The maximum atomic E-state index is 12.6. The van der Waals surface area contributed by atoms with Crippen molar-refractivity contribution in [3.8, 4) is 0 Å². The summed E-state index contributed by atoms with van der Waals surface area (Å²) in [7, 11) is 0. The van der Waals surface area contributed by atoms with Gasteiger partial charge in [-0.2, -0.15) is 0 Å². The zero-order valence-electron chi connectivity index (χ0n) is 23.2. The van der Waals surface area contributed by atoms with E-state index in [2.05, 4.69) is 18.5 Å². The van der Waals surface area contributed by atoms with Crippen LogP contribution in [0.4, 0.5) is 4.79 Å². The number of amides is 2. The van der Waals surface area contributed by atoms with Gasteiger partial charge < -0.3 is 59.2 Å². The Morgan fingerprint density at radius 3 is 2.00 bits per heavy atom. The van der Waals surface area contributed by atoms with E-state index in [0.717, 1.165) is 20.8 Å². The van der Waals surface area contributed by atoms with Crippen LogP contribution >= 0.6 is 0 Å². The molecule has 2 rings (SSSR count). The number of nitrogens with two attached hydrogens (primary N) is 1. The lowest BCUT2D eigenvalue weighted by molar-refractivity contribution is -0.348. The third-order valence-electron chi connectivity index (χ3n) is 5.81. The molecule has 0 aromatic heterocycles. The molecular weight excluding hydrogens is 568 g/mol. The van der Waals surface area contributed by atoms with Crippen molar-refractivity contribution in [2.45, 2.75) is 82.1 Å². The molecule has 10 atom stereocenters. The second-order valence-corrected chi connectivity index (χ2v) is 9.08. The molecule has 0 aliphatic carbocycles. The van der Waals surface area contributed by atoms with Crippen LogP contribution < -0.4 is 11.1 Å². The van der Waals surface area contributed by atoms with E-state index in [-0.39, 0.29) is 13.2 Å². The maximum Gasteiger partial charge on any atom is 0.407 e. The van der Waals surface area contributed by atoms with Gasteiger partial charge in [0.25, 0.3) is 0 Å². The number of ether oxygens (including phenoxy) is 8. The Labute approximate surface area is 240 Å². The molecule has 0 radical (unpaired) electrons. The van der Waals surface area contributed by atoms with E-state index in [0.29, 0.717) is 0 Å². The first-order valence-electron chi connectivity index (χ1n) is 12.7. The average molecular weight is 605 g/mol. The van der Waals surface area contributed by atoms with Crippen molar-refractivity contribution < 1.29 is 72.1 Å². The van der Waals surface area contributed by atoms with Crippen molar-refractivity contribution in [3.63, 3.8) is 0 Å². The summed E-state index contributed by atoms with van der Waals surface area (Å²) in [5.74, 6) is -3.55. The smallest absolute Gasteiger partial charge is 0.407 e. The molecule has 5 N–H and O–H groups in total. The predicted molar refractivity (Wildman–Crippen MR) is 136 cm³/mol. The highest BCUT2D eigenvalue weighted by Gasteiger charge is 2.55. The molecule has 17 nitrogen and oxygen atoms in total. The minimum Gasteiger partial charge on any atom is -0.463 e. The topological polar surface area (TPSA) is 238 Å². The molecule has 0 aromatic carbocycles. The van der Waals surface area contributed by atoms with Crippen molar-refractivity contribution in [3.05, 3.63) is 25.3 Å². The number of carbonyl (C=O) groups is 5. The summed E-state index contributed by atoms with van der Waals surface area (Å²) in [6.07, 6.45) is -13.2. The first kappa shape index (κ1) is 34.6. The number of alkyl carbamates (subject to hydrolysis) is 1. The first-order chi connectivity index (χ1) is 19.8. The Hall–Kier alpha value is -3.61. The average Bonchev–Trinajstić information content (AvgIpc) is 2.90. The molecule has 17 heteroatoms. The molecule has 2 saturated heterocycles. The minimum absolute atomic E-state index is 0.167. The molecule has 0 bridgehead atoms. The van der Waals surface area contributed by atoms with Gasteiger partial charge in [0.15, 0.2) is 30.9 Å². The van der Waals surface area contributed by atoms with E-state index in [1.165, 1.54) is 12.2 Å². The summed E-state index contributed by atoms with van der Waals surface area (Å²) in [5, 5.41) is 23.8. The number of hydrogen-bond acceptors (Lipinski definition) is 15. The van der Waals surface area contributed by atoms with Gasteiger partial charge in [-0.25, -0.2) is 4.79 Å². The number of nitrogens with one attached hydrogen (secondary N) is 1. The number of aliphatic hydroxyl groups is 2. The van der Waals surface area contributed by atoms with Crippen LogP contribution in [0.3, 0.4) is 0 Å². The fraction of sp³-hybridized carbons (Fsp3) is 0.640. The van der Waals surface area contributed by atoms with Crippen LogP contribution in [-0.2, 0) is 57.1 Å². The molecule has 2 heterocycles. The van der Waals surface area contributed by atoms with Crippen molar-refractivity contribution in [2.24, 2.45) is 5.73 Å². The fourth-order valence-electron chi connectivity index (χ4n) is 4.15. The highest BCUT2D eigenvalue weighted by molar-refractivity contribution is 5.79. The van der Waals surface area contributed by atoms with E-state index in [9.17, 15) is 34.2 Å². The summed E-state index contributed by atoms with van der Waals surface area (Å²) >= 11 is 0. The molecule has 0 aromatic rings. The molecule has 0 unspecified atom stereocenters. The molecule has 0 saturated carbocycles. The van der Waals surface area contributed by atoms with Crippen molar-refractivity contribution in [1.82, 2.24) is 5.32 Å². The van der Waals surface area contributed by atoms with Gasteiger partial charge in [-0.3, -0.25) is 19.2 Å². The van der Waals surface area contributed by atoms with E-state index < -0.39 is 97.9 Å². The van der Waals surface area contributed by atoms with Crippen molar-refractivity contribution in [2.75, 3.05) is 19.8 Å². The normalized spacial score (nSPS) is 32.5. The Morgan fingerprint density at radius 2 is 1.45 bits per heavy atom. The lowest BCUT2D eigenvalue weighted by Gasteiger charge is -2.48. The Balaban J connectivity index is 2.56. The third kappa shape index (κ3) is 9.47. The van der Waals surface area contributed by atoms with Gasteiger partial charge in [-0.15, -0.1) is 6.58 Å². The predicted octanol–water partition coefficient (Wildman–Crippen LogP) is -2.06. The number of primary amides is 1. The zero-order valence-corrected chi connectivity index (χ0v) is 23.2. The minimum atomic E-state index is -1.89. The monoisotopic (exact) mass is 604 g/mol. The van der Waals surface area contributed by atoms with Gasteiger partial charge in [0.2, 0.25) is 5.91 Å². The van der Waals surface area contributed by atoms with Gasteiger partial charge >= 0.3 is 24.0 Å². The quantitative estimate of drug-likeness (QED) is 0.100. The number of hydrogen-bond donors (Lipinski definition) is 4. The lowest BCUT2D eigenvalue weighted by Crippen LogP contribution is -2.69. The SMILES string of the molecule is C=CCOC(=O)N[C@H]1[C@H](O[C@H]2[C@@H](OCC=C)O[C@H](C(N)=O)[C@H](O)[C@@H]2O)O[C@H](COC(C)=O)[C@@H](OC(C)=O)[C@@H]1OC(C)=O. The first-order valence-corrected chi connectivity index (χ1v) is 12.7. The van der Waals surface area contributed by atoms with Crippen LogP contribution in [0.15, 0.2) is 25.3 Å². The molecule has 2 aliphatic heterocycles.